The van der Waals surface area contributed by atoms with E-state index in [2.05, 4.69) is 0 Å². The minimum atomic E-state index is -0.191. The minimum Gasteiger partial charge on any atom is -0.399 e. The third-order valence-electron chi connectivity index (χ3n) is 3.66. The number of carbonyl (C=O) groups excluding carboxylic acids is 2. The second-order valence-corrected chi connectivity index (χ2v) is 4.82. The number of rotatable bonds is 2. The average molecular weight is 230 g/mol. The number of anilines is 1. The summed E-state index contributed by atoms with van der Waals surface area (Å²) >= 11 is 0. The Balaban J connectivity index is 1.90. The lowest BCUT2D eigenvalue weighted by Crippen LogP contribution is -2.36. The number of benzene rings is 1. The van der Waals surface area contributed by atoms with Crippen LogP contribution >= 0.6 is 0 Å². The van der Waals surface area contributed by atoms with Crippen molar-refractivity contribution in [3.05, 3.63) is 29.3 Å². The van der Waals surface area contributed by atoms with Crippen LogP contribution in [0, 0.1) is 5.92 Å². The Hall–Kier alpha value is -1.84. The second-order valence-electron chi connectivity index (χ2n) is 4.82. The van der Waals surface area contributed by atoms with E-state index < -0.39 is 0 Å². The molecular weight excluding hydrogens is 216 g/mol. The summed E-state index contributed by atoms with van der Waals surface area (Å²) in [7, 11) is 0. The zero-order chi connectivity index (χ0) is 12.0. The van der Waals surface area contributed by atoms with Crippen molar-refractivity contribution in [2.75, 3.05) is 12.3 Å². The van der Waals surface area contributed by atoms with Gasteiger partial charge in [0, 0.05) is 12.2 Å². The van der Waals surface area contributed by atoms with Crippen molar-refractivity contribution in [2.45, 2.75) is 19.3 Å². The van der Waals surface area contributed by atoms with E-state index in [-0.39, 0.29) is 11.8 Å². The molecular formula is C13H14N2O2. The van der Waals surface area contributed by atoms with Crippen molar-refractivity contribution < 1.29 is 9.59 Å². The summed E-state index contributed by atoms with van der Waals surface area (Å²) in [6.07, 6.45) is 3.45. The lowest BCUT2D eigenvalue weighted by molar-refractivity contribution is 0.0601. The Morgan fingerprint density at radius 1 is 1.18 bits per heavy atom. The van der Waals surface area contributed by atoms with Gasteiger partial charge in [0.15, 0.2) is 0 Å². The van der Waals surface area contributed by atoms with E-state index in [0.29, 0.717) is 29.3 Å². The molecule has 0 spiro atoms. The molecule has 4 heteroatoms. The number of nitrogens with zero attached hydrogens (tertiary/aromatic N) is 1. The van der Waals surface area contributed by atoms with Gasteiger partial charge >= 0.3 is 0 Å². The molecule has 1 aliphatic carbocycles. The Morgan fingerprint density at radius 2 is 1.88 bits per heavy atom. The fourth-order valence-corrected chi connectivity index (χ4v) is 2.41. The molecule has 17 heavy (non-hydrogen) atoms. The lowest BCUT2D eigenvalue weighted by atomic mass is 9.85. The molecule has 0 saturated heterocycles. The summed E-state index contributed by atoms with van der Waals surface area (Å²) in [4.78, 5) is 25.5. The van der Waals surface area contributed by atoms with E-state index in [1.165, 1.54) is 11.3 Å². The summed E-state index contributed by atoms with van der Waals surface area (Å²) in [5.41, 5.74) is 7.11. The zero-order valence-corrected chi connectivity index (χ0v) is 9.48. The van der Waals surface area contributed by atoms with Crippen molar-refractivity contribution in [3.8, 4) is 0 Å². The van der Waals surface area contributed by atoms with Gasteiger partial charge in [-0.2, -0.15) is 0 Å². The smallest absolute Gasteiger partial charge is 0.261 e. The van der Waals surface area contributed by atoms with Gasteiger partial charge < -0.3 is 5.73 Å². The van der Waals surface area contributed by atoms with Crippen molar-refractivity contribution in [3.63, 3.8) is 0 Å². The number of fused-ring (bicyclic) bond motifs is 1. The maximum atomic E-state index is 12.1. The third kappa shape index (κ3) is 1.52. The molecule has 2 aliphatic rings. The van der Waals surface area contributed by atoms with Gasteiger partial charge in [-0.1, -0.05) is 6.42 Å². The largest absolute Gasteiger partial charge is 0.399 e. The predicted molar refractivity (Wildman–Crippen MR) is 63.6 cm³/mol. The maximum Gasteiger partial charge on any atom is 0.261 e. The molecule has 0 radical (unpaired) electrons. The second kappa shape index (κ2) is 3.58. The molecule has 0 unspecified atom stereocenters. The van der Waals surface area contributed by atoms with Crippen LogP contribution in [0.25, 0.3) is 0 Å². The van der Waals surface area contributed by atoms with Crippen LogP contribution < -0.4 is 5.73 Å². The van der Waals surface area contributed by atoms with Crippen LogP contribution in [-0.4, -0.2) is 23.3 Å². The van der Waals surface area contributed by atoms with Crippen LogP contribution in [0.4, 0.5) is 5.69 Å². The number of nitrogen functional groups attached to an aromatic ring is 1. The molecule has 0 atom stereocenters. The SMILES string of the molecule is Nc1ccc2c(c1)C(=O)N(CC1CCC1)C2=O. The van der Waals surface area contributed by atoms with Gasteiger partial charge in [0.1, 0.15) is 0 Å². The van der Waals surface area contributed by atoms with E-state index in [1.807, 2.05) is 0 Å². The van der Waals surface area contributed by atoms with Gasteiger partial charge in [-0.25, -0.2) is 0 Å². The van der Waals surface area contributed by atoms with Crippen molar-refractivity contribution in [1.29, 1.82) is 0 Å². The molecule has 1 aromatic rings. The molecule has 88 valence electrons. The highest BCUT2D eigenvalue weighted by Crippen LogP contribution is 2.31. The van der Waals surface area contributed by atoms with Crippen LogP contribution in [-0.2, 0) is 0 Å². The zero-order valence-electron chi connectivity index (χ0n) is 9.48. The van der Waals surface area contributed by atoms with Crippen LogP contribution in [0.3, 0.4) is 0 Å². The Kier molecular flexibility index (Phi) is 2.18. The Labute approximate surface area is 99.4 Å². The van der Waals surface area contributed by atoms with Gasteiger partial charge in [-0.3, -0.25) is 14.5 Å². The normalized spacial score (nSPS) is 19.4. The van der Waals surface area contributed by atoms with Crippen LogP contribution in [0.2, 0.25) is 0 Å². The van der Waals surface area contributed by atoms with Gasteiger partial charge in [-0.05, 0) is 37.0 Å². The minimum absolute atomic E-state index is 0.170. The van der Waals surface area contributed by atoms with Crippen LogP contribution in [0.1, 0.15) is 40.0 Å². The number of amides is 2. The molecule has 1 fully saturated rings. The van der Waals surface area contributed by atoms with Gasteiger partial charge in [0.05, 0.1) is 11.1 Å². The highest BCUT2D eigenvalue weighted by Gasteiger charge is 2.37. The Morgan fingerprint density at radius 3 is 2.53 bits per heavy atom. The molecule has 1 heterocycles. The molecule has 1 aliphatic heterocycles. The van der Waals surface area contributed by atoms with Crippen LogP contribution in [0.5, 0.6) is 0 Å². The first kappa shape index (κ1) is 10.3. The third-order valence-corrected chi connectivity index (χ3v) is 3.66. The number of carbonyl (C=O) groups is 2. The number of imide groups is 1. The summed E-state index contributed by atoms with van der Waals surface area (Å²) in [5, 5.41) is 0. The predicted octanol–water partition coefficient (Wildman–Crippen LogP) is 1.66. The van der Waals surface area contributed by atoms with Crippen molar-refractivity contribution >= 4 is 17.5 Å². The highest BCUT2D eigenvalue weighted by atomic mass is 16.2. The molecule has 2 amide bonds. The van der Waals surface area contributed by atoms with Gasteiger partial charge in [0.25, 0.3) is 11.8 Å². The topological polar surface area (TPSA) is 63.4 Å². The first-order valence-corrected chi connectivity index (χ1v) is 5.92. The first-order chi connectivity index (χ1) is 8.16. The fraction of sp³-hybridized carbons (Fsp3) is 0.385. The summed E-state index contributed by atoms with van der Waals surface area (Å²) < 4.78 is 0. The standard InChI is InChI=1S/C13H14N2O2/c14-9-4-5-10-11(6-9)13(17)15(12(10)16)7-8-2-1-3-8/h4-6,8H,1-3,7,14H2. The maximum absolute atomic E-state index is 12.1. The summed E-state index contributed by atoms with van der Waals surface area (Å²) in [6.45, 7) is 0.562. The molecule has 4 nitrogen and oxygen atoms in total. The van der Waals surface area contributed by atoms with E-state index in [0.717, 1.165) is 12.8 Å². The van der Waals surface area contributed by atoms with Crippen molar-refractivity contribution in [1.82, 2.24) is 4.90 Å². The first-order valence-electron chi connectivity index (χ1n) is 5.92. The highest BCUT2D eigenvalue weighted by molar-refractivity contribution is 6.21. The molecule has 0 bridgehead atoms. The molecule has 3 rings (SSSR count). The van der Waals surface area contributed by atoms with E-state index in [9.17, 15) is 9.59 Å². The van der Waals surface area contributed by atoms with Crippen LogP contribution in [0.15, 0.2) is 18.2 Å². The summed E-state index contributed by atoms with van der Waals surface area (Å²) in [5.74, 6) is 0.135. The molecule has 2 N–H and O–H groups in total. The molecule has 1 aromatic carbocycles. The van der Waals surface area contributed by atoms with Crippen molar-refractivity contribution in [2.24, 2.45) is 5.92 Å². The summed E-state index contributed by atoms with van der Waals surface area (Å²) in [6, 6.07) is 4.90. The quantitative estimate of drug-likeness (QED) is 0.621. The average Bonchev–Trinajstić information content (AvgIpc) is 2.47. The number of nitrogens with two attached hydrogens (primary N) is 1. The van der Waals surface area contributed by atoms with Gasteiger partial charge in [-0.15, -0.1) is 0 Å². The monoisotopic (exact) mass is 230 g/mol. The van der Waals surface area contributed by atoms with E-state index in [4.69, 9.17) is 5.73 Å². The number of hydrogen-bond donors (Lipinski definition) is 1. The molecule has 0 aromatic heterocycles. The lowest BCUT2D eigenvalue weighted by Gasteiger charge is -2.28. The Bertz CT molecular complexity index is 506. The number of hydrogen-bond acceptors (Lipinski definition) is 3. The van der Waals surface area contributed by atoms with E-state index >= 15 is 0 Å². The molecule has 1 saturated carbocycles. The fourth-order valence-electron chi connectivity index (χ4n) is 2.41. The van der Waals surface area contributed by atoms with E-state index in [1.54, 1.807) is 18.2 Å². The van der Waals surface area contributed by atoms with Gasteiger partial charge in [0.2, 0.25) is 0 Å².